The molecule has 5 nitrogen and oxygen atoms in total. The molecule has 3 aromatic carbocycles. The van der Waals surface area contributed by atoms with Crippen LogP contribution in [0.5, 0.6) is 0 Å². The van der Waals surface area contributed by atoms with E-state index in [2.05, 4.69) is 5.32 Å². The lowest BCUT2D eigenvalue weighted by atomic mass is 9.90. The molecule has 1 aliphatic rings. The van der Waals surface area contributed by atoms with Crippen LogP contribution in [0.15, 0.2) is 89.8 Å². The number of nitrogens with zero attached hydrogens (tertiary/aromatic N) is 1. The van der Waals surface area contributed by atoms with Crippen LogP contribution in [0.4, 0.5) is 0 Å². The van der Waals surface area contributed by atoms with E-state index in [0.29, 0.717) is 31.0 Å². The summed E-state index contributed by atoms with van der Waals surface area (Å²) < 4.78 is 27.5. The third kappa shape index (κ3) is 5.93. The number of carbonyl (C=O) groups excluding carboxylic acids is 1. The second-order valence-electron chi connectivity index (χ2n) is 8.76. The normalized spacial score (nSPS) is 15.1. The number of amides is 1. The smallest absolute Gasteiger partial charge is 0.243 e. The Morgan fingerprint density at radius 3 is 1.82 bits per heavy atom. The van der Waals surface area contributed by atoms with Crippen molar-refractivity contribution in [3.63, 3.8) is 0 Å². The zero-order chi connectivity index (χ0) is 23.8. The fourth-order valence-corrected chi connectivity index (χ4v) is 5.99. The number of carbonyl (C=O) groups is 1. The van der Waals surface area contributed by atoms with Gasteiger partial charge >= 0.3 is 0 Å². The van der Waals surface area contributed by atoms with E-state index in [-0.39, 0.29) is 11.8 Å². The van der Waals surface area contributed by atoms with E-state index >= 15 is 0 Å². The molecule has 0 aromatic heterocycles. The SMILES string of the molecule is O=C(NCCc1ccc(S(=O)(=O)N2CCCCCC2)cc1)C(c1ccccc1)c1ccccc1. The van der Waals surface area contributed by atoms with E-state index in [1.807, 2.05) is 72.8 Å². The molecule has 1 fully saturated rings. The first-order chi connectivity index (χ1) is 16.6. The monoisotopic (exact) mass is 476 g/mol. The molecule has 1 aliphatic heterocycles. The minimum Gasteiger partial charge on any atom is -0.355 e. The van der Waals surface area contributed by atoms with Gasteiger partial charge in [0.1, 0.15) is 0 Å². The summed E-state index contributed by atoms with van der Waals surface area (Å²) in [5.74, 6) is -0.415. The molecule has 0 unspecified atom stereocenters. The highest BCUT2D eigenvalue weighted by Gasteiger charge is 2.25. The van der Waals surface area contributed by atoms with Gasteiger partial charge in [-0.15, -0.1) is 0 Å². The molecular formula is C28H32N2O3S. The maximum atomic E-state index is 13.1. The van der Waals surface area contributed by atoms with Gasteiger partial charge in [0.25, 0.3) is 0 Å². The molecule has 1 heterocycles. The maximum absolute atomic E-state index is 13.1. The van der Waals surface area contributed by atoms with Crippen molar-refractivity contribution in [1.29, 1.82) is 0 Å². The van der Waals surface area contributed by atoms with Crippen LogP contribution in [-0.2, 0) is 21.2 Å². The van der Waals surface area contributed by atoms with Gasteiger partial charge in [0.2, 0.25) is 15.9 Å². The van der Waals surface area contributed by atoms with Crippen LogP contribution in [0, 0.1) is 0 Å². The lowest BCUT2D eigenvalue weighted by Crippen LogP contribution is -2.32. The Bertz CT molecular complexity index is 1120. The molecule has 4 rings (SSSR count). The number of rotatable bonds is 8. The molecule has 34 heavy (non-hydrogen) atoms. The van der Waals surface area contributed by atoms with Crippen molar-refractivity contribution in [1.82, 2.24) is 9.62 Å². The van der Waals surface area contributed by atoms with Gasteiger partial charge in [-0.1, -0.05) is 85.6 Å². The van der Waals surface area contributed by atoms with E-state index in [4.69, 9.17) is 0 Å². The molecule has 0 saturated carbocycles. The highest BCUT2D eigenvalue weighted by Crippen LogP contribution is 2.25. The second kappa shape index (κ2) is 11.4. The Balaban J connectivity index is 1.38. The van der Waals surface area contributed by atoms with E-state index in [1.165, 1.54) is 0 Å². The third-order valence-corrected chi connectivity index (χ3v) is 8.28. The minimum atomic E-state index is -3.44. The van der Waals surface area contributed by atoms with Crippen molar-refractivity contribution in [3.8, 4) is 0 Å². The van der Waals surface area contributed by atoms with Crippen molar-refractivity contribution >= 4 is 15.9 Å². The predicted octanol–water partition coefficient (Wildman–Crippen LogP) is 4.74. The fraction of sp³-hybridized carbons (Fsp3) is 0.321. The Morgan fingerprint density at radius 1 is 0.765 bits per heavy atom. The summed E-state index contributed by atoms with van der Waals surface area (Å²) in [7, 11) is -3.44. The van der Waals surface area contributed by atoms with Gasteiger partial charge in [-0.3, -0.25) is 4.79 Å². The Labute approximate surface area is 202 Å². The second-order valence-corrected chi connectivity index (χ2v) is 10.7. The van der Waals surface area contributed by atoms with Crippen molar-refractivity contribution in [2.75, 3.05) is 19.6 Å². The Hall–Kier alpha value is -2.96. The predicted molar refractivity (Wildman–Crippen MR) is 135 cm³/mol. The van der Waals surface area contributed by atoms with Gasteiger partial charge in [-0.2, -0.15) is 4.31 Å². The standard InChI is InChI=1S/C28H32N2O3S/c31-28(27(24-11-5-3-6-12-24)25-13-7-4-8-14-25)29-20-19-23-15-17-26(18-16-23)34(32,33)30-21-9-1-2-10-22-30/h3-8,11-18,27H,1-2,9-10,19-22H2,(H,29,31). The van der Waals surface area contributed by atoms with E-state index in [1.54, 1.807) is 16.4 Å². The van der Waals surface area contributed by atoms with Crippen molar-refractivity contribution in [2.45, 2.75) is 42.9 Å². The van der Waals surface area contributed by atoms with E-state index < -0.39 is 10.0 Å². The summed E-state index contributed by atoms with van der Waals surface area (Å²) in [5.41, 5.74) is 2.90. The first-order valence-electron chi connectivity index (χ1n) is 12.0. The average Bonchev–Trinajstić information content (AvgIpc) is 3.16. The van der Waals surface area contributed by atoms with Crippen LogP contribution in [0.1, 0.15) is 48.3 Å². The topological polar surface area (TPSA) is 66.5 Å². The van der Waals surface area contributed by atoms with Crippen LogP contribution in [-0.4, -0.2) is 38.3 Å². The molecule has 1 N–H and O–H groups in total. The zero-order valence-electron chi connectivity index (χ0n) is 19.4. The van der Waals surface area contributed by atoms with Gasteiger partial charge < -0.3 is 5.32 Å². The molecule has 0 atom stereocenters. The molecule has 0 radical (unpaired) electrons. The average molecular weight is 477 g/mol. The lowest BCUT2D eigenvalue weighted by molar-refractivity contribution is -0.121. The summed E-state index contributed by atoms with van der Waals surface area (Å²) in [6, 6.07) is 26.6. The van der Waals surface area contributed by atoms with E-state index in [0.717, 1.165) is 42.4 Å². The van der Waals surface area contributed by atoms with Gasteiger partial charge in [0, 0.05) is 19.6 Å². The van der Waals surface area contributed by atoms with Crippen LogP contribution < -0.4 is 5.32 Å². The summed E-state index contributed by atoms with van der Waals surface area (Å²) in [6.45, 7) is 1.67. The van der Waals surface area contributed by atoms with Gasteiger partial charge in [0.15, 0.2) is 0 Å². The summed E-state index contributed by atoms with van der Waals surface area (Å²) in [4.78, 5) is 13.5. The molecule has 178 valence electrons. The van der Waals surface area contributed by atoms with Crippen LogP contribution >= 0.6 is 0 Å². The molecular weight excluding hydrogens is 444 g/mol. The van der Waals surface area contributed by atoms with Crippen molar-refractivity contribution in [3.05, 3.63) is 102 Å². The van der Waals surface area contributed by atoms with E-state index in [9.17, 15) is 13.2 Å². The molecule has 0 spiro atoms. The highest BCUT2D eigenvalue weighted by molar-refractivity contribution is 7.89. The quantitative estimate of drug-likeness (QED) is 0.511. The Kier molecular flexibility index (Phi) is 8.14. The minimum absolute atomic E-state index is 0.0437. The molecule has 0 bridgehead atoms. The van der Waals surface area contributed by atoms with Crippen LogP contribution in [0.25, 0.3) is 0 Å². The lowest BCUT2D eigenvalue weighted by Gasteiger charge is -2.20. The molecule has 6 heteroatoms. The maximum Gasteiger partial charge on any atom is 0.243 e. The van der Waals surface area contributed by atoms with Gasteiger partial charge in [0.05, 0.1) is 10.8 Å². The molecule has 1 saturated heterocycles. The summed E-state index contributed by atoms with van der Waals surface area (Å²) in [5, 5.41) is 3.07. The number of sulfonamides is 1. The number of hydrogen-bond donors (Lipinski definition) is 1. The highest BCUT2D eigenvalue weighted by atomic mass is 32.2. The van der Waals surface area contributed by atoms with Gasteiger partial charge in [-0.05, 0) is 48.1 Å². The largest absolute Gasteiger partial charge is 0.355 e. The Morgan fingerprint density at radius 2 is 1.29 bits per heavy atom. The zero-order valence-corrected chi connectivity index (χ0v) is 20.2. The summed E-state index contributed by atoms with van der Waals surface area (Å²) in [6.07, 6.45) is 4.65. The van der Waals surface area contributed by atoms with Gasteiger partial charge in [-0.25, -0.2) is 8.42 Å². The first kappa shape index (κ1) is 24.2. The molecule has 1 amide bonds. The van der Waals surface area contributed by atoms with Crippen molar-refractivity contribution in [2.24, 2.45) is 0 Å². The van der Waals surface area contributed by atoms with Crippen LogP contribution in [0.3, 0.4) is 0 Å². The fourth-order valence-electron chi connectivity index (χ4n) is 4.48. The van der Waals surface area contributed by atoms with Crippen molar-refractivity contribution < 1.29 is 13.2 Å². The summed E-state index contributed by atoms with van der Waals surface area (Å²) >= 11 is 0. The number of benzene rings is 3. The number of hydrogen-bond acceptors (Lipinski definition) is 3. The van der Waals surface area contributed by atoms with Crippen LogP contribution in [0.2, 0.25) is 0 Å². The number of nitrogens with one attached hydrogen (secondary N) is 1. The molecule has 3 aromatic rings. The molecule has 0 aliphatic carbocycles. The third-order valence-electron chi connectivity index (χ3n) is 6.37. The first-order valence-corrected chi connectivity index (χ1v) is 13.5.